The summed E-state index contributed by atoms with van der Waals surface area (Å²) < 4.78 is 33.7. The van der Waals surface area contributed by atoms with E-state index in [4.69, 9.17) is 21.1 Å². The van der Waals surface area contributed by atoms with E-state index < -0.39 is 14.6 Å². The predicted octanol–water partition coefficient (Wildman–Crippen LogP) is 2.98. The van der Waals surface area contributed by atoms with Crippen molar-refractivity contribution in [2.24, 2.45) is 0 Å². The highest BCUT2D eigenvalue weighted by atomic mass is 35.5. The monoisotopic (exact) mass is 335 g/mol. The predicted molar refractivity (Wildman–Crippen MR) is 86.6 cm³/mol. The van der Waals surface area contributed by atoms with Gasteiger partial charge in [-0.15, -0.1) is 0 Å². The number of hydrogen-bond acceptors (Lipinski definition) is 5. The molecule has 1 aromatic rings. The molecule has 0 atom stereocenters. The molecule has 0 saturated carbocycles. The van der Waals surface area contributed by atoms with E-state index in [9.17, 15) is 8.42 Å². The maximum atomic E-state index is 12.0. The van der Waals surface area contributed by atoms with Crippen LogP contribution >= 0.6 is 11.6 Å². The second-order valence-electron chi connectivity index (χ2n) is 5.55. The molecule has 0 aliphatic heterocycles. The van der Waals surface area contributed by atoms with Crippen molar-refractivity contribution in [2.75, 3.05) is 31.8 Å². The van der Waals surface area contributed by atoms with Gasteiger partial charge < -0.3 is 14.8 Å². The highest BCUT2D eigenvalue weighted by Crippen LogP contribution is 2.35. The Bertz CT molecular complexity index is 594. The molecule has 0 bridgehead atoms. The van der Waals surface area contributed by atoms with E-state index in [0.717, 1.165) is 0 Å². The topological polar surface area (TPSA) is 64.6 Å². The number of hydrogen-bond donors (Lipinski definition) is 1. The summed E-state index contributed by atoms with van der Waals surface area (Å²) in [5.74, 6) is 1.08. The lowest BCUT2D eigenvalue weighted by Crippen LogP contribution is -2.32. The molecule has 0 saturated heterocycles. The van der Waals surface area contributed by atoms with Crippen molar-refractivity contribution in [3.8, 4) is 11.5 Å². The first-order chi connectivity index (χ1) is 9.62. The molecule has 120 valence electrons. The fraction of sp³-hybridized carbons (Fsp3) is 0.571. The molecule has 1 rings (SSSR count). The van der Waals surface area contributed by atoms with Crippen molar-refractivity contribution >= 4 is 27.1 Å². The smallest absolute Gasteiger partial charge is 0.156 e. The Morgan fingerprint density at radius 1 is 1.14 bits per heavy atom. The van der Waals surface area contributed by atoms with Crippen LogP contribution in [0, 0.1) is 0 Å². The second-order valence-corrected chi connectivity index (χ2v) is 8.81. The molecule has 5 nitrogen and oxygen atoms in total. The molecule has 0 unspecified atom stereocenters. The fourth-order valence-electron chi connectivity index (χ4n) is 1.62. The Kier molecular flexibility index (Phi) is 5.75. The van der Waals surface area contributed by atoms with Crippen LogP contribution < -0.4 is 14.8 Å². The summed E-state index contributed by atoms with van der Waals surface area (Å²) in [7, 11) is -0.126. The van der Waals surface area contributed by atoms with E-state index in [1.54, 1.807) is 32.9 Å². The standard InChI is InChI=1S/C14H22ClNO4S/c1-14(2,3)21(17,18)7-6-16-11-8-10(15)12(19-4)9-13(11)20-5/h8-9,16H,6-7H2,1-5H3. The van der Waals surface area contributed by atoms with E-state index in [1.807, 2.05) is 0 Å². The number of sulfone groups is 1. The molecule has 0 aromatic heterocycles. The van der Waals surface area contributed by atoms with Gasteiger partial charge in [0, 0.05) is 12.6 Å². The first-order valence-corrected chi connectivity index (χ1v) is 8.53. The fourth-order valence-corrected chi connectivity index (χ4v) is 2.85. The van der Waals surface area contributed by atoms with Gasteiger partial charge in [0.1, 0.15) is 11.5 Å². The van der Waals surface area contributed by atoms with Gasteiger partial charge in [0.15, 0.2) is 9.84 Å². The lowest BCUT2D eigenvalue weighted by Gasteiger charge is -2.20. The normalized spacial score (nSPS) is 12.1. The van der Waals surface area contributed by atoms with E-state index in [-0.39, 0.29) is 12.3 Å². The first kappa shape index (κ1) is 17.9. The van der Waals surface area contributed by atoms with Crippen LogP contribution in [0.5, 0.6) is 11.5 Å². The van der Waals surface area contributed by atoms with Gasteiger partial charge in [-0.05, 0) is 26.8 Å². The summed E-state index contributed by atoms with van der Waals surface area (Å²) in [6.07, 6.45) is 0. The molecule has 0 radical (unpaired) electrons. The van der Waals surface area contributed by atoms with Gasteiger partial charge in [-0.1, -0.05) is 11.6 Å². The van der Waals surface area contributed by atoms with Gasteiger partial charge in [0.25, 0.3) is 0 Å². The van der Waals surface area contributed by atoms with Crippen LogP contribution in [-0.2, 0) is 9.84 Å². The molecule has 7 heteroatoms. The number of anilines is 1. The molecule has 1 N–H and O–H groups in total. The van der Waals surface area contributed by atoms with E-state index in [2.05, 4.69) is 5.32 Å². The van der Waals surface area contributed by atoms with Gasteiger partial charge >= 0.3 is 0 Å². The SMILES string of the molecule is COc1cc(OC)c(NCCS(=O)(=O)C(C)(C)C)cc1Cl. The van der Waals surface area contributed by atoms with Crippen LogP contribution in [0.25, 0.3) is 0 Å². The molecular formula is C14H22ClNO4S. The Balaban J connectivity index is 2.83. The number of nitrogens with one attached hydrogen (secondary N) is 1. The molecule has 0 aliphatic carbocycles. The highest BCUT2D eigenvalue weighted by Gasteiger charge is 2.28. The summed E-state index contributed by atoms with van der Waals surface area (Å²) in [4.78, 5) is 0. The van der Waals surface area contributed by atoms with Crippen molar-refractivity contribution in [3.63, 3.8) is 0 Å². The van der Waals surface area contributed by atoms with E-state index in [1.165, 1.54) is 14.2 Å². The number of rotatable bonds is 6. The molecule has 0 spiro atoms. The third-order valence-electron chi connectivity index (χ3n) is 3.09. The maximum Gasteiger partial charge on any atom is 0.156 e. The molecular weight excluding hydrogens is 314 g/mol. The van der Waals surface area contributed by atoms with Crippen molar-refractivity contribution in [1.29, 1.82) is 0 Å². The van der Waals surface area contributed by atoms with Crippen LogP contribution in [0.4, 0.5) is 5.69 Å². The molecule has 0 aliphatic rings. The van der Waals surface area contributed by atoms with Crippen molar-refractivity contribution in [2.45, 2.75) is 25.5 Å². The lowest BCUT2D eigenvalue weighted by atomic mass is 10.2. The maximum absolute atomic E-state index is 12.0. The Morgan fingerprint density at radius 2 is 1.71 bits per heavy atom. The van der Waals surface area contributed by atoms with Crippen molar-refractivity contribution in [1.82, 2.24) is 0 Å². The van der Waals surface area contributed by atoms with Gasteiger partial charge in [0.2, 0.25) is 0 Å². The van der Waals surface area contributed by atoms with Gasteiger partial charge in [-0.25, -0.2) is 8.42 Å². The van der Waals surface area contributed by atoms with Crippen LogP contribution in [-0.4, -0.2) is 39.7 Å². The minimum atomic E-state index is -3.17. The zero-order valence-electron chi connectivity index (χ0n) is 13.0. The largest absolute Gasteiger partial charge is 0.495 e. The average molecular weight is 336 g/mol. The number of halogens is 1. The van der Waals surface area contributed by atoms with Gasteiger partial charge in [0.05, 0.1) is 35.4 Å². The van der Waals surface area contributed by atoms with Crippen LogP contribution in [0.3, 0.4) is 0 Å². The Hall–Kier alpha value is -1.14. The van der Waals surface area contributed by atoms with Crippen LogP contribution in [0.1, 0.15) is 20.8 Å². The zero-order chi connectivity index (χ0) is 16.3. The average Bonchev–Trinajstić information content (AvgIpc) is 2.37. The van der Waals surface area contributed by atoms with Crippen LogP contribution in [0.2, 0.25) is 5.02 Å². The molecule has 1 aromatic carbocycles. The van der Waals surface area contributed by atoms with Crippen LogP contribution in [0.15, 0.2) is 12.1 Å². The summed E-state index contributed by atoms with van der Waals surface area (Å²) >= 11 is 6.06. The van der Waals surface area contributed by atoms with Gasteiger partial charge in [-0.3, -0.25) is 0 Å². The summed E-state index contributed by atoms with van der Waals surface area (Å²) in [5.41, 5.74) is 0.632. The minimum absolute atomic E-state index is 0.0311. The Morgan fingerprint density at radius 3 is 2.19 bits per heavy atom. The molecule has 0 heterocycles. The summed E-state index contributed by atoms with van der Waals surface area (Å²) in [6, 6.07) is 3.31. The number of benzene rings is 1. The zero-order valence-corrected chi connectivity index (χ0v) is 14.6. The van der Waals surface area contributed by atoms with Gasteiger partial charge in [-0.2, -0.15) is 0 Å². The molecule has 0 fully saturated rings. The second kappa shape index (κ2) is 6.75. The minimum Gasteiger partial charge on any atom is -0.495 e. The number of methoxy groups -OCH3 is 2. The summed E-state index contributed by atoms with van der Waals surface area (Å²) in [6.45, 7) is 5.34. The number of ether oxygens (including phenoxy) is 2. The van der Waals surface area contributed by atoms with Crippen molar-refractivity contribution in [3.05, 3.63) is 17.2 Å². The van der Waals surface area contributed by atoms with Crippen molar-refractivity contribution < 1.29 is 17.9 Å². The molecule has 21 heavy (non-hydrogen) atoms. The van der Waals surface area contributed by atoms with E-state index in [0.29, 0.717) is 22.2 Å². The third kappa shape index (κ3) is 4.41. The highest BCUT2D eigenvalue weighted by molar-refractivity contribution is 7.92. The first-order valence-electron chi connectivity index (χ1n) is 6.50. The third-order valence-corrected chi connectivity index (χ3v) is 6.00. The lowest BCUT2D eigenvalue weighted by molar-refractivity contribution is 0.395. The quantitative estimate of drug-likeness (QED) is 0.865. The molecule has 0 amide bonds. The van der Waals surface area contributed by atoms with E-state index >= 15 is 0 Å². The Labute approximate surface area is 131 Å². The summed E-state index contributed by atoms with van der Waals surface area (Å²) in [5, 5.41) is 3.47.